The number of rotatable bonds is 14. The smallest absolute Gasteiger partial charge is 0.303 e. The molecule has 3 N–H and O–H groups in total. The third kappa shape index (κ3) is 14.4. The molecule has 0 spiro atoms. The SMILES string of the molecule is O=CNCCOCCOCCNC(=O)CCCC(=O)O. The van der Waals surface area contributed by atoms with Crippen molar-refractivity contribution in [3.05, 3.63) is 0 Å². The second-order valence-electron chi connectivity index (χ2n) is 3.89. The first kappa shape index (κ1) is 18.3. The van der Waals surface area contributed by atoms with Gasteiger partial charge in [-0.3, -0.25) is 14.4 Å². The van der Waals surface area contributed by atoms with Crippen molar-refractivity contribution in [3.8, 4) is 0 Å². The lowest BCUT2D eigenvalue weighted by Gasteiger charge is -2.07. The summed E-state index contributed by atoms with van der Waals surface area (Å²) in [6.07, 6.45) is 1.16. The number of carbonyl (C=O) groups excluding carboxylic acids is 2. The van der Waals surface area contributed by atoms with Crippen LogP contribution in [0.15, 0.2) is 0 Å². The number of carboxylic acids is 1. The second-order valence-corrected chi connectivity index (χ2v) is 3.89. The Morgan fingerprint density at radius 2 is 1.65 bits per heavy atom. The highest BCUT2D eigenvalue weighted by Crippen LogP contribution is 1.94. The number of nitrogens with one attached hydrogen (secondary N) is 2. The van der Waals surface area contributed by atoms with Gasteiger partial charge in [-0.15, -0.1) is 0 Å². The molecule has 0 aliphatic heterocycles. The number of ether oxygens (including phenoxy) is 2. The Labute approximate surface area is 117 Å². The Kier molecular flexibility index (Phi) is 12.6. The lowest BCUT2D eigenvalue weighted by molar-refractivity contribution is -0.137. The van der Waals surface area contributed by atoms with E-state index in [0.717, 1.165) is 0 Å². The molecule has 0 aromatic heterocycles. The Bertz CT molecular complexity index is 285. The van der Waals surface area contributed by atoms with Crippen LogP contribution in [0.2, 0.25) is 0 Å². The highest BCUT2D eigenvalue weighted by atomic mass is 16.5. The van der Waals surface area contributed by atoms with Crippen LogP contribution in [0.5, 0.6) is 0 Å². The highest BCUT2D eigenvalue weighted by Gasteiger charge is 2.02. The van der Waals surface area contributed by atoms with Crippen molar-refractivity contribution < 1.29 is 29.0 Å². The number of hydrogen-bond acceptors (Lipinski definition) is 5. The predicted octanol–water partition coefficient (Wildman–Crippen LogP) is -0.863. The van der Waals surface area contributed by atoms with Crippen LogP contribution in [0.3, 0.4) is 0 Å². The van der Waals surface area contributed by atoms with Crippen molar-refractivity contribution in [2.24, 2.45) is 0 Å². The lowest BCUT2D eigenvalue weighted by atomic mass is 10.2. The van der Waals surface area contributed by atoms with Crippen molar-refractivity contribution in [1.29, 1.82) is 0 Å². The van der Waals surface area contributed by atoms with Crippen LogP contribution in [0.25, 0.3) is 0 Å². The van der Waals surface area contributed by atoms with Crippen LogP contribution >= 0.6 is 0 Å². The van der Waals surface area contributed by atoms with E-state index in [4.69, 9.17) is 14.6 Å². The molecule has 0 fully saturated rings. The molecule has 0 heterocycles. The van der Waals surface area contributed by atoms with Gasteiger partial charge >= 0.3 is 5.97 Å². The summed E-state index contributed by atoms with van der Waals surface area (Å²) in [6.45, 7) is 2.50. The molecule has 0 radical (unpaired) electrons. The van der Waals surface area contributed by atoms with Crippen LogP contribution in [0, 0.1) is 0 Å². The van der Waals surface area contributed by atoms with Gasteiger partial charge in [0, 0.05) is 25.9 Å². The fourth-order valence-electron chi connectivity index (χ4n) is 1.26. The summed E-state index contributed by atoms with van der Waals surface area (Å²) in [7, 11) is 0. The fourth-order valence-corrected chi connectivity index (χ4v) is 1.26. The van der Waals surface area contributed by atoms with Crippen LogP contribution in [-0.2, 0) is 23.9 Å². The summed E-state index contributed by atoms with van der Waals surface area (Å²) >= 11 is 0. The van der Waals surface area contributed by atoms with Gasteiger partial charge in [0.25, 0.3) is 0 Å². The molecule has 0 saturated carbocycles. The maximum atomic E-state index is 11.2. The number of hydrogen-bond donors (Lipinski definition) is 3. The molecule has 0 atom stereocenters. The van der Waals surface area contributed by atoms with E-state index in [1.165, 1.54) is 0 Å². The van der Waals surface area contributed by atoms with Crippen LogP contribution < -0.4 is 10.6 Å². The van der Waals surface area contributed by atoms with Gasteiger partial charge in [0.2, 0.25) is 12.3 Å². The minimum Gasteiger partial charge on any atom is -0.481 e. The molecule has 0 saturated heterocycles. The molecule has 0 unspecified atom stereocenters. The van der Waals surface area contributed by atoms with E-state index in [1.807, 2.05) is 0 Å². The van der Waals surface area contributed by atoms with Gasteiger partial charge in [0.1, 0.15) is 0 Å². The molecule has 8 heteroatoms. The summed E-state index contributed by atoms with van der Waals surface area (Å²) in [6, 6.07) is 0. The van der Waals surface area contributed by atoms with Gasteiger partial charge in [0.05, 0.1) is 26.4 Å². The van der Waals surface area contributed by atoms with Crippen LogP contribution in [0.4, 0.5) is 0 Å². The maximum absolute atomic E-state index is 11.2. The van der Waals surface area contributed by atoms with E-state index in [0.29, 0.717) is 52.3 Å². The fraction of sp³-hybridized carbons (Fsp3) is 0.750. The Morgan fingerprint density at radius 3 is 2.25 bits per heavy atom. The van der Waals surface area contributed by atoms with Gasteiger partial charge in [-0.1, -0.05) is 0 Å². The first-order valence-corrected chi connectivity index (χ1v) is 6.48. The molecule has 2 amide bonds. The third-order valence-electron chi connectivity index (χ3n) is 2.21. The van der Waals surface area contributed by atoms with Crippen molar-refractivity contribution >= 4 is 18.3 Å². The summed E-state index contributed by atoms with van der Waals surface area (Å²) in [4.78, 5) is 31.4. The molecular weight excluding hydrogens is 268 g/mol. The van der Waals surface area contributed by atoms with E-state index in [-0.39, 0.29) is 18.7 Å². The first-order chi connectivity index (χ1) is 9.66. The summed E-state index contributed by atoms with van der Waals surface area (Å²) in [5.41, 5.74) is 0. The molecule has 0 aliphatic carbocycles. The molecule has 0 rings (SSSR count). The highest BCUT2D eigenvalue weighted by molar-refractivity contribution is 5.76. The molecule has 20 heavy (non-hydrogen) atoms. The predicted molar refractivity (Wildman–Crippen MR) is 70.2 cm³/mol. The van der Waals surface area contributed by atoms with Gasteiger partial charge in [-0.2, -0.15) is 0 Å². The van der Waals surface area contributed by atoms with Crippen molar-refractivity contribution in [1.82, 2.24) is 10.6 Å². The van der Waals surface area contributed by atoms with Crippen molar-refractivity contribution in [2.45, 2.75) is 19.3 Å². The van der Waals surface area contributed by atoms with E-state index in [9.17, 15) is 14.4 Å². The lowest BCUT2D eigenvalue weighted by Crippen LogP contribution is -2.27. The Hall–Kier alpha value is -1.67. The zero-order chi connectivity index (χ0) is 15.1. The van der Waals surface area contributed by atoms with E-state index in [2.05, 4.69) is 10.6 Å². The average molecular weight is 290 g/mol. The second kappa shape index (κ2) is 13.8. The normalized spacial score (nSPS) is 10.0. The monoisotopic (exact) mass is 290 g/mol. The minimum absolute atomic E-state index is 0.000218. The number of carbonyl (C=O) groups is 3. The third-order valence-corrected chi connectivity index (χ3v) is 2.21. The van der Waals surface area contributed by atoms with Gasteiger partial charge < -0.3 is 25.2 Å². The summed E-state index contributed by atoms with van der Waals surface area (Å²) in [5, 5.41) is 13.5. The van der Waals surface area contributed by atoms with Gasteiger partial charge in [0.15, 0.2) is 0 Å². The van der Waals surface area contributed by atoms with E-state index in [1.54, 1.807) is 0 Å². The van der Waals surface area contributed by atoms with Gasteiger partial charge in [-0.05, 0) is 6.42 Å². The molecule has 0 aliphatic rings. The van der Waals surface area contributed by atoms with E-state index < -0.39 is 5.97 Å². The molecule has 0 bridgehead atoms. The van der Waals surface area contributed by atoms with Crippen LogP contribution in [0.1, 0.15) is 19.3 Å². The molecular formula is C12H22N2O6. The molecule has 116 valence electrons. The van der Waals surface area contributed by atoms with Gasteiger partial charge in [-0.25, -0.2) is 0 Å². The molecule has 0 aromatic carbocycles. The van der Waals surface area contributed by atoms with Crippen molar-refractivity contribution in [3.63, 3.8) is 0 Å². The largest absolute Gasteiger partial charge is 0.481 e. The van der Waals surface area contributed by atoms with Crippen LogP contribution in [-0.4, -0.2) is 62.9 Å². The number of aliphatic carboxylic acids is 1. The number of amides is 2. The Morgan fingerprint density at radius 1 is 1.00 bits per heavy atom. The van der Waals surface area contributed by atoms with E-state index >= 15 is 0 Å². The summed E-state index contributed by atoms with van der Waals surface area (Å²) in [5.74, 6) is -1.07. The molecule has 8 nitrogen and oxygen atoms in total. The van der Waals surface area contributed by atoms with Crippen molar-refractivity contribution in [2.75, 3.05) is 39.5 Å². The first-order valence-electron chi connectivity index (χ1n) is 6.48. The maximum Gasteiger partial charge on any atom is 0.303 e. The Balaban J connectivity index is 3.17. The topological polar surface area (TPSA) is 114 Å². The average Bonchev–Trinajstić information content (AvgIpc) is 2.40. The minimum atomic E-state index is -0.899. The summed E-state index contributed by atoms with van der Waals surface area (Å²) < 4.78 is 10.4. The zero-order valence-electron chi connectivity index (χ0n) is 11.4. The number of carboxylic acid groups (broad SMARTS) is 1. The quantitative estimate of drug-likeness (QED) is 0.283. The standard InChI is InChI=1S/C12H22N2O6/c15-10-13-4-6-19-8-9-20-7-5-14-11(16)2-1-3-12(17)18/h10H,1-9H2,(H,13,15)(H,14,16)(H,17,18). The zero-order valence-corrected chi connectivity index (χ0v) is 11.4. The molecule has 0 aromatic rings.